The molecule has 0 unspecified atom stereocenters. The van der Waals surface area contributed by atoms with E-state index < -0.39 is 23.5 Å². The molecule has 2 bridgehead atoms. The molecular weight excluding hydrogens is 382 g/mol. The molecule has 4 aliphatic rings. The highest BCUT2D eigenvalue weighted by molar-refractivity contribution is 7.13. The number of fused-ring (bicyclic) bond motifs is 2. The van der Waals surface area contributed by atoms with Crippen LogP contribution in [0.4, 0.5) is 10.8 Å². The van der Waals surface area contributed by atoms with Gasteiger partial charge in [-0.25, -0.2) is 4.98 Å². The highest BCUT2D eigenvalue weighted by atomic mass is 32.1. The first-order chi connectivity index (χ1) is 13.6. The molecular formula is C19H15N3O5S. The van der Waals surface area contributed by atoms with Crippen LogP contribution < -0.4 is 19.7 Å². The van der Waals surface area contributed by atoms with Gasteiger partial charge in [0, 0.05) is 23.3 Å². The highest BCUT2D eigenvalue weighted by Crippen LogP contribution is 2.53. The zero-order valence-electron chi connectivity index (χ0n) is 14.5. The highest BCUT2D eigenvalue weighted by Gasteiger charge is 2.67. The van der Waals surface area contributed by atoms with Gasteiger partial charge in [-0.2, -0.15) is 0 Å². The molecule has 8 nitrogen and oxygen atoms in total. The number of hydrogen-bond donors (Lipinski definition) is 1. The molecule has 5 heterocycles. The average Bonchev–Trinajstić information content (AvgIpc) is 3.49. The SMILES string of the molecule is O=C(Nc1nccs1)[C@H]1[C@H]2C(=O)N(c3ccc4c(c3)OCO4)C[C@]23C=C[C@H]1O3. The number of thiazole rings is 1. The van der Waals surface area contributed by atoms with Crippen LogP contribution in [0.25, 0.3) is 0 Å². The lowest BCUT2D eigenvalue weighted by molar-refractivity contribution is -0.128. The first-order valence-electron chi connectivity index (χ1n) is 8.93. The maximum absolute atomic E-state index is 13.3. The molecule has 0 radical (unpaired) electrons. The summed E-state index contributed by atoms with van der Waals surface area (Å²) < 4.78 is 16.9. The second-order valence-corrected chi connectivity index (χ2v) is 8.08. The predicted octanol–water partition coefficient (Wildman–Crippen LogP) is 1.80. The van der Waals surface area contributed by atoms with E-state index in [-0.39, 0.29) is 18.6 Å². The van der Waals surface area contributed by atoms with Gasteiger partial charge in [-0.15, -0.1) is 11.3 Å². The second-order valence-electron chi connectivity index (χ2n) is 7.19. The molecule has 6 rings (SSSR count). The molecule has 0 saturated carbocycles. The summed E-state index contributed by atoms with van der Waals surface area (Å²) in [6.45, 7) is 0.538. The first kappa shape index (κ1) is 16.1. The van der Waals surface area contributed by atoms with E-state index in [0.717, 1.165) is 0 Å². The zero-order chi connectivity index (χ0) is 18.9. The molecule has 1 N–H and O–H groups in total. The van der Waals surface area contributed by atoms with Crippen molar-refractivity contribution >= 4 is 34.0 Å². The minimum Gasteiger partial charge on any atom is -0.454 e. The van der Waals surface area contributed by atoms with Gasteiger partial charge in [0.1, 0.15) is 5.60 Å². The summed E-state index contributed by atoms with van der Waals surface area (Å²) in [5, 5.41) is 5.12. The number of nitrogens with one attached hydrogen (secondary N) is 1. The van der Waals surface area contributed by atoms with Crippen molar-refractivity contribution in [3.63, 3.8) is 0 Å². The average molecular weight is 397 g/mol. The fourth-order valence-electron chi connectivity index (χ4n) is 4.54. The third kappa shape index (κ3) is 2.11. The number of nitrogens with zero attached hydrogens (tertiary/aromatic N) is 2. The van der Waals surface area contributed by atoms with Crippen LogP contribution in [0, 0.1) is 11.8 Å². The topological polar surface area (TPSA) is 90.0 Å². The van der Waals surface area contributed by atoms with Crippen LogP contribution in [-0.4, -0.2) is 41.8 Å². The molecule has 0 aliphatic carbocycles. The summed E-state index contributed by atoms with van der Waals surface area (Å²) in [6.07, 6.45) is 5.05. The first-order valence-corrected chi connectivity index (χ1v) is 9.81. The summed E-state index contributed by atoms with van der Waals surface area (Å²) in [5.41, 5.74) is -0.0687. The Labute approximate surface area is 163 Å². The quantitative estimate of drug-likeness (QED) is 0.795. The van der Waals surface area contributed by atoms with Gasteiger partial charge >= 0.3 is 0 Å². The summed E-state index contributed by atoms with van der Waals surface area (Å²) in [6, 6.07) is 5.40. The van der Waals surface area contributed by atoms with Crippen molar-refractivity contribution in [2.75, 3.05) is 23.6 Å². The third-order valence-corrected chi connectivity index (χ3v) is 6.42. The molecule has 142 valence electrons. The summed E-state index contributed by atoms with van der Waals surface area (Å²) in [7, 11) is 0. The minimum absolute atomic E-state index is 0.120. The number of carbonyl (C=O) groups is 2. The molecule has 4 atom stereocenters. The van der Waals surface area contributed by atoms with Crippen LogP contribution in [0.1, 0.15) is 0 Å². The van der Waals surface area contributed by atoms with Gasteiger partial charge in [0.25, 0.3) is 0 Å². The van der Waals surface area contributed by atoms with Crippen LogP contribution >= 0.6 is 11.3 Å². The summed E-state index contributed by atoms with van der Waals surface area (Å²) in [5.74, 6) is -0.236. The van der Waals surface area contributed by atoms with Crippen LogP contribution in [0.15, 0.2) is 41.9 Å². The van der Waals surface area contributed by atoms with Crippen molar-refractivity contribution in [3.05, 3.63) is 41.9 Å². The Morgan fingerprint density at radius 1 is 1.32 bits per heavy atom. The van der Waals surface area contributed by atoms with Crippen LogP contribution in [0.2, 0.25) is 0 Å². The van der Waals surface area contributed by atoms with Gasteiger partial charge in [-0.05, 0) is 12.1 Å². The zero-order valence-corrected chi connectivity index (χ0v) is 15.3. The molecule has 4 aliphatic heterocycles. The molecule has 1 aromatic heterocycles. The molecule has 2 amide bonds. The molecule has 2 aromatic rings. The van der Waals surface area contributed by atoms with Crippen molar-refractivity contribution in [1.82, 2.24) is 4.98 Å². The number of ether oxygens (including phenoxy) is 3. The fourth-order valence-corrected chi connectivity index (χ4v) is 5.08. The smallest absolute Gasteiger partial charge is 0.234 e. The van der Waals surface area contributed by atoms with E-state index in [1.165, 1.54) is 11.3 Å². The second kappa shape index (κ2) is 5.55. The third-order valence-electron chi connectivity index (χ3n) is 5.73. The van der Waals surface area contributed by atoms with Gasteiger partial charge in [0.05, 0.1) is 24.5 Å². The Hall–Kier alpha value is -2.91. The standard InChI is InChI=1S/C19H15N3O5S/c23-16(21-18-20-5-6-28-18)14-12-3-4-19(27-12)8-22(17(24)15(14)19)10-1-2-11-13(7-10)26-9-25-11/h1-7,12,14-15H,8-9H2,(H,20,21,23)/t12-,14-,15+,19-/m1/s1. The molecule has 28 heavy (non-hydrogen) atoms. The fraction of sp³-hybridized carbons (Fsp3) is 0.316. The predicted molar refractivity (Wildman–Crippen MR) is 99.4 cm³/mol. The van der Waals surface area contributed by atoms with E-state index >= 15 is 0 Å². The van der Waals surface area contributed by atoms with Crippen molar-refractivity contribution in [1.29, 1.82) is 0 Å². The molecule has 1 spiro atoms. The van der Waals surface area contributed by atoms with Crippen molar-refractivity contribution in [3.8, 4) is 11.5 Å². The van der Waals surface area contributed by atoms with Crippen molar-refractivity contribution < 1.29 is 23.8 Å². The summed E-state index contributed by atoms with van der Waals surface area (Å²) in [4.78, 5) is 32.0. The molecule has 2 saturated heterocycles. The van der Waals surface area contributed by atoms with E-state index in [9.17, 15) is 9.59 Å². The van der Waals surface area contributed by atoms with E-state index in [1.54, 1.807) is 28.6 Å². The lowest BCUT2D eigenvalue weighted by Gasteiger charge is -2.22. The Kier molecular flexibility index (Phi) is 3.19. The lowest BCUT2D eigenvalue weighted by atomic mass is 9.77. The van der Waals surface area contributed by atoms with Crippen LogP contribution in [-0.2, 0) is 14.3 Å². The Bertz CT molecular complexity index is 1020. The number of benzene rings is 1. The van der Waals surface area contributed by atoms with Crippen molar-refractivity contribution in [2.24, 2.45) is 11.8 Å². The van der Waals surface area contributed by atoms with Crippen LogP contribution in [0.3, 0.4) is 0 Å². The number of aromatic nitrogens is 1. The monoisotopic (exact) mass is 397 g/mol. The van der Waals surface area contributed by atoms with Crippen molar-refractivity contribution in [2.45, 2.75) is 11.7 Å². The largest absolute Gasteiger partial charge is 0.454 e. The van der Waals surface area contributed by atoms with Gasteiger partial charge in [0.2, 0.25) is 18.6 Å². The van der Waals surface area contributed by atoms with Gasteiger partial charge in [-0.1, -0.05) is 12.2 Å². The molecule has 2 fully saturated rings. The molecule has 1 aromatic carbocycles. The number of rotatable bonds is 3. The normalized spacial score (nSPS) is 31.5. The Balaban J connectivity index is 1.32. The number of carbonyl (C=O) groups excluding carboxylic acids is 2. The van der Waals surface area contributed by atoms with E-state index in [0.29, 0.717) is 28.9 Å². The minimum atomic E-state index is -0.775. The van der Waals surface area contributed by atoms with E-state index in [2.05, 4.69) is 10.3 Å². The van der Waals surface area contributed by atoms with Gasteiger partial charge in [0.15, 0.2) is 16.6 Å². The summed E-state index contributed by atoms with van der Waals surface area (Å²) >= 11 is 1.34. The van der Waals surface area contributed by atoms with Crippen LogP contribution in [0.5, 0.6) is 11.5 Å². The van der Waals surface area contributed by atoms with E-state index in [1.807, 2.05) is 18.2 Å². The Morgan fingerprint density at radius 3 is 3.07 bits per heavy atom. The number of anilines is 2. The van der Waals surface area contributed by atoms with Gasteiger partial charge < -0.3 is 24.4 Å². The van der Waals surface area contributed by atoms with Gasteiger partial charge in [-0.3, -0.25) is 9.59 Å². The van der Waals surface area contributed by atoms with E-state index in [4.69, 9.17) is 14.2 Å². The maximum Gasteiger partial charge on any atom is 0.234 e. The maximum atomic E-state index is 13.3. The number of amides is 2. The lowest BCUT2D eigenvalue weighted by Crippen LogP contribution is -2.41. The Morgan fingerprint density at radius 2 is 2.21 bits per heavy atom. The number of hydrogen-bond acceptors (Lipinski definition) is 7. The molecule has 9 heteroatoms.